The summed E-state index contributed by atoms with van der Waals surface area (Å²) in [5, 5.41) is 21.5. The van der Waals surface area contributed by atoms with Crippen molar-refractivity contribution in [2.45, 2.75) is 13.3 Å². The number of non-ortho nitro benzene ring substituents is 1. The highest BCUT2D eigenvalue weighted by Crippen LogP contribution is 2.27. The highest BCUT2D eigenvalue weighted by atomic mass is 16.6. The molecule has 0 saturated carbocycles. The molecule has 0 aromatic heterocycles. The Morgan fingerprint density at radius 2 is 2.09 bits per heavy atom. The number of ether oxygens (including phenoxy) is 1. The lowest BCUT2D eigenvalue weighted by atomic mass is 10.1. The molecule has 10 nitrogen and oxygen atoms in total. The number of carbonyl (C=O) groups excluding carboxylic acids is 1. The quantitative estimate of drug-likeness (QED) is 0.606. The number of amides is 1. The molecule has 1 amide bonds. The normalized spacial score (nSPS) is 15.7. The summed E-state index contributed by atoms with van der Waals surface area (Å²) < 4.78 is 5.55. The number of nitro benzene ring substituents is 1. The summed E-state index contributed by atoms with van der Waals surface area (Å²) in [7, 11) is 0. The van der Waals surface area contributed by atoms with Gasteiger partial charge < -0.3 is 4.74 Å². The second kappa shape index (κ2) is 5.83. The Bertz CT molecular complexity index is 824. The molecular weight excluding hydrogens is 304 g/mol. The molecule has 0 unspecified atom stereocenters. The van der Waals surface area contributed by atoms with Crippen molar-refractivity contribution in [3.05, 3.63) is 33.9 Å². The number of fused-ring (bicyclic) bond motifs is 1. The first-order valence-corrected chi connectivity index (χ1v) is 6.72. The second-order valence-electron chi connectivity index (χ2n) is 4.60. The van der Waals surface area contributed by atoms with Crippen LogP contribution in [0.15, 0.2) is 43.6 Å². The number of benzene rings is 1. The molecule has 10 heteroatoms. The molecule has 0 N–H and O–H groups in total. The molecule has 0 fully saturated rings. The molecule has 23 heavy (non-hydrogen) atoms. The zero-order valence-electron chi connectivity index (χ0n) is 12.0. The van der Waals surface area contributed by atoms with Gasteiger partial charge >= 0.3 is 5.91 Å². The monoisotopic (exact) mass is 314 g/mol. The summed E-state index contributed by atoms with van der Waals surface area (Å²) in [5.74, 6) is -0.279. The minimum absolute atomic E-state index is 0.0143. The maximum atomic E-state index is 11.9. The van der Waals surface area contributed by atoms with Gasteiger partial charge in [0.2, 0.25) is 11.5 Å². The molecule has 0 bridgehead atoms. The Morgan fingerprint density at radius 1 is 1.26 bits per heavy atom. The summed E-state index contributed by atoms with van der Waals surface area (Å²) in [5.41, 5.74) is 0.0385. The molecule has 0 radical (unpaired) electrons. The second-order valence-corrected chi connectivity index (χ2v) is 4.60. The lowest BCUT2D eigenvalue weighted by Gasteiger charge is -2.12. The van der Waals surface area contributed by atoms with Gasteiger partial charge in [-0.25, -0.2) is 4.99 Å². The van der Waals surface area contributed by atoms with Crippen LogP contribution in [0.25, 0.3) is 0 Å². The summed E-state index contributed by atoms with van der Waals surface area (Å²) in [6.45, 7) is 2.34. The first-order chi connectivity index (χ1) is 11.1. The molecule has 0 spiro atoms. The molecule has 1 aromatic rings. The third kappa shape index (κ3) is 2.73. The van der Waals surface area contributed by atoms with Crippen LogP contribution in [0, 0.1) is 10.1 Å². The number of rotatable bonds is 5. The first-order valence-electron chi connectivity index (χ1n) is 6.72. The number of nitrogens with zero attached hydrogens (tertiary/aromatic N) is 6. The molecular formula is C13H10N6O4. The fraction of sp³-hybridized carbons (Fsp3) is 0.231. The van der Waals surface area contributed by atoms with Crippen molar-refractivity contribution in [1.29, 1.82) is 0 Å². The predicted octanol–water partition coefficient (Wildman–Crippen LogP) is 1.89. The zero-order valence-corrected chi connectivity index (χ0v) is 12.0. The van der Waals surface area contributed by atoms with Crippen molar-refractivity contribution in [3.63, 3.8) is 0 Å². The van der Waals surface area contributed by atoms with Crippen molar-refractivity contribution < 1.29 is 14.5 Å². The minimum Gasteiger partial charge on any atom is -0.493 e. The van der Waals surface area contributed by atoms with E-state index >= 15 is 0 Å². The maximum Gasteiger partial charge on any atom is 0.303 e. The van der Waals surface area contributed by atoms with E-state index in [2.05, 4.69) is 25.4 Å². The van der Waals surface area contributed by atoms with Gasteiger partial charge in [0.15, 0.2) is 5.84 Å². The van der Waals surface area contributed by atoms with Crippen LogP contribution in [0.5, 0.6) is 5.75 Å². The third-order valence-corrected chi connectivity index (χ3v) is 2.99. The van der Waals surface area contributed by atoms with Crippen molar-refractivity contribution in [2.75, 3.05) is 6.61 Å². The standard InChI is InChI=1S/C13H10N6O4/c1-2-5-23-9-4-3-7(19(21)22)6-8(9)11-14-12-10(13(20)15-11)16-18-17-12/h3-4,6H,2,5H2,1H3. The summed E-state index contributed by atoms with van der Waals surface area (Å²) >= 11 is 0. The summed E-state index contributed by atoms with van der Waals surface area (Å²) in [6.07, 6.45) is 0.751. The van der Waals surface area contributed by atoms with Crippen molar-refractivity contribution >= 4 is 29.0 Å². The van der Waals surface area contributed by atoms with Crippen molar-refractivity contribution in [3.8, 4) is 5.75 Å². The Morgan fingerprint density at radius 3 is 2.83 bits per heavy atom. The molecule has 0 aliphatic carbocycles. The van der Waals surface area contributed by atoms with Gasteiger partial charge in [-0.05, 0) is 17.7 Å². The maximum absolute atomic E-state index is 11.9. The van der Waals surface area contributed by atoms with E-state index in [1.165, 1.54) is 18.2 Å². The Balaban J connectivity index is 2.08. The van der Waals surface area contributed by atoms with Crippen LogP contribution in [-0.2, 0) is 4.79 Å². The van der Waals surface area contributed by atoms with Gasteiger partial charge in [-0.1, -0.05) is 6.92 Å². The summed E-state index contributed by atoms with van der Waals surface area (Å²) in [6, 6.07) is 4.03. The van der Waals surface area contributed by atoms with Gasteiger partial charge in [0.1, 0.15) is 5.75 Å². The van der Waals surface area contributed by atoms with Gasteiger partial charge in [0.25, 0.3) is 5.69 Å². The van der Waals surface area contributed by atoms with Gasteiger partial charge in [-0.3, -0.25) is 14.9 Å². The third-order valence-electron chi connectivity index (χ3n) is 2.99. The van der Waals surface area contributed by atoms with Crippen LogP contribution >= 0.6 is 0 Å². The SMILES string of the molecule is CCCOc1ccc([N+](=O)[O-])cc1C1=NC(=O)C2=NN=NC2=N1. The summed E-state index contributed by atoms with van der Waals surface area (Å²) in [4.78, 5) is 30.2. The number of amidine groups is 2. The van der Waals surface area contributed by atoms with E-state index < -0.39 is 10.8 Å². The fourth-order valence-corrected chi connectivity index (χ4v) is 1.95. The molecule has 3 rings (SSSR count). The van der Waals surface area contributed by atoms with Gasteiger partial charge in [0.05, 0.1) is 17.1 Å². The van der Waals surface area contributed by atoms with Crippen molar-refractivity contribution in [1.82, 2.24) is 0 Å². The lowest BCUT2D eigenvalue weighted by molar-refractivity contribution is -0.384. The van der Waals surface area contributed by atoms with Gasteiger partial charge in [-0.2, -0.15) is 4.99 Å². The number of carbonyl (C=O) groups is 1. The van der Waals surface area contributed by atoms with Crippen LogP contribution in [0.3, 0.4) is 0 Å². The van der Waals surface area contributed by atoms with Crippen LogP contribution in [0.2, 0.25) is 0 Å². The van der Waals surface area contributed by atoms with E-state index in [1.54, 1.807) is 0 Å². The van der Waals surface area contributed by atoms with E-state index in [0.29, 0.717) is 12.4 Å². The molecule has 1 aromatic carbocycles. The zero-order chi connectivity index (χ0) is 16.4. The van der Waals surface area contributed by atoms with Gasteiger partial charge in [0, 0.05) is 12.1 Å². The topological polar surface area (TPSA) is 131 Å². The average molecular weight is 314 g/mol. The van der Waals surface area contributed by atoms with Crippen molar-refractivity contribution in [2.24, 2.45) is 25.4 Å². The number of hydrogen-bond acceptors (Lipinski definition) is 8. The van der Waals surface area contributed by atoms with Crippen LogP contribution in [-0.4, -0.2) is 34.8 Å². The van der Waals surface area contributed by atoms with E-state index in [0.717, 1.165) is 6.42 Å². The molecule has 2 heterocycles. The lowest BCUT2D eigenvalue weighted by Crippen LogP contribution is -2.26. The fourth-order valence-electron chi connectivity index (χ4n) is 1.95. The van der Waals surface area contributed by atoms with E-state index in [4.69, 9.17) is 4.74 Å². The largest absolute Gasteiger partial charge is 0.493 e. The van der Waals surface area contributed by atoms with Crippen LogP contribution < -0.4 is 4.74 Å². The van der Waals surface area contributed by atoms with Crippen LogP contribution in [0.4, 0.5) is 5.69 Å². The Labute approximate surface area is 129 Å². The first kappa shape index (κ1) is 14.6. The van der Waals surface area contributed by atoms with E-state index in [9.17, 15) is 14.9 Å². The Hall–Kier alpha value is -3.30. The molecule has 0 atom stereocenters. The number of nitro groups is 1. The molecule has 0 saturated heterocycles. The minimum atomic E-state index is -0.650. The molecule has 116 valence electrons. The van der Waals surface area contributed by atoms with E-state index in [1.807, 2.05) is 6.92 Å². The van der Waals surface area contributed by atoms with Crippen LogP contribution in [0.1, 0.15) is 18.9 Å². The highest BCUT2D eigenvalue weighted by molar-refractivity contribution is 6.69. The molecule has 2 aliphatic rings. The number of aliphatic imine (C=N–C) groups is 2. The average Bonchev–Trinajstić information content (AvgIpc) is 3.01. The number of hydrogen-bond donors (Lipinski definition) is 0. The van der Waals surface area contributed by atoms with E-state index in [-0.39, 0.29) is 28.6 Å². The van der Waals surface area contributed by atoms with Gasteiger partial charge in [-0.15, -0.1) is 10.2 Å². The predicted molar refractivity (Wildman–Crippen MR) is 80.2 cm³/mol. The smallest absolute Gasteiger partial charge is 0.303 e. The Kier molecular flexibility index (Phi) is 3.71. The molecule has 2 aliphatic heterocycles. The highest BCUT2D eigenvalue weighted by Gasteiger charge is 2.29.